The van der Waals surface area contributed by atoms with Crippen LogP contribution in [0.4, 0.5) is 17.6 Å². The standard InChI is InChI=1S/C17H15F4N3O2S/c18-9-2-10(19)16(21)14(15(9)20)7-1-12-11(23-17(27)24(12)4-7)3-13(25)22-8-5-26-6-8/h2,7-8H,1,3-6H2,(H,22,25)(H,23,27)/t7-/m0/s1. The average Bonchev–Trinajstić information content (AvgIpc) is 3.11. The van der Waals surface area contributed by atoms with Gasteiger partial charge in [-0.25, -0.2) is 17.6 Å². The number of ether oxygens (including phenoxy) is 1. The summed E-state index contributed by atoms with van der Waals surface area (Å²) >= 11 is 5.21. The van der Waals surface area contributed by atoms with Crippen LogP contribution in [-0.2, 0) is 28.9 Å². The van der Waals surface area contributed by atoms with Crippen LogP contribution in [0.5, 0.6) is 0 Å². The molecule has 1 aromatic carbocycles. The highest BCUT2D eigenvalue weighted by Gasteiger charge is 2.33. The summed E-state index contributed by atoms with van der Waals surface area (Å²) < 4.78 is 62.2. The van der Waals surface area contributed by atoms with Gasteiger partial charge >= 0.3 is 0 Å². The number of nitrogens with one attached hydrogen (secondary N) is 2. The van der Waals surface area contributed by atoms with Crippen molar-refractivity contribution in [2.24, 2.45) is 0 Å². The first-order valence-corrected chi connectivity index (χ1v) is 8.76. The number of rotatable bonds is 4. The number of hydrogen-bond donors (Lipinski definition) is 2. The van der Waals surface area contributed by atoms with E-state index >= 15 is 0 Å². The molecule has 2 aromatic rings. The molecule has 2 aliphatic heterocycles. The first-order chi connectivity index (χ1) is 12.8. The van der Waals surface area contributed by atoms with E-state index in [0.29, 0.717) is 29.4 Å². The maximum Gasteiger partial charge on any atom is 0.226 e. The number of carbonyl (C=O) groups is 1. The zero-order valence-electron chi connectivity index (χ0n) is 14.0. The lowest BCUT2D eigenvalue weighted by molar-refractivity contribution is -0.124. The van der Waals surface area contributed by atoms with Crippen LogP contribution in [0.3, 0.4) is 0 Å². The third-order valence-corrected chi connectivity index (χ3v) is 5.24. The summed E-state index contributed by atoms with van der Waals surface area (Å²) in [5.74, 6) is -6.72. The number of amides is 1. The third-order valence-electron chi connectivity index (χ3n) is 4.91. The lowest BCUT2D eigenvalue weighted by Crippen LogP contribution is -2.49. The van der Waals surface area contributed by atoms with Crippen LogP contribution < -0.4 is 5.32 Å². The van der Waals surface area contributed by atoms with Gasteiger partial charge in [-0.05, 0) is 18.6 Å². The van der Waals surface area contributed by atoms with Crippen LogP contribution in [0.25, 0.3) is 0 Å². The molecule has 27 heavy (non-hydrogen) atoms. The second-order valence-corrected chi connectivity index (χ2v) is 7.11. The SMILES string of the molecule is O=C(Cc1[nH]c(=S)n2c1C[C@H](c1c(F)c(F)cc(F)c1F)C2)NC1COC1. The summed E-state index contributed by atoms with van der Waals surface area (Å²) in [5.41, 5.74) is 0.499. The summed E-state index contributed by atoms with van der Waals surface area (Å²) in [6.45, 7) is 0.988. The van der Waals surface area contributed by atoms with Crippen molar-refractivity contribution in [3.05, 3.63) is 51.1 Å². The average molecular weight is 401 g/mol. The van der Waals surface area contributed by atoms with Gasteiger partial charge in [0.15, 0.2) is 28.0 Å². The van der Waals surface area contributed by atoms with Gasteiger partial charge in [0.1, 0.15) is 0 Å². The summed E-state index contributed by atoms with van der Waals surface area (Å²) in [6.07, 6.45) is 0.122. The van der Waals surface area contributed by atoms with E-state index in [9.17, 15) is 22.4 Å². The van der Waals surface area contributed by atoms with E-state index in [4.69, 9.17) is 17.0 Å². The fourth-order valence-electron chi connectivity index (χ4n) is 3.55. The predicted molar refractivity (Wildman–Crippen MR) is 88.8 cm³/mol. The van der Waals surface area contributed by atoms with Gasteiger partial charge in [-0.2, -0.15) is 0 Å². The third kappa shape index (κ3) is 3.16. The number of hydrogen-bond acceptors (Lipinski definition) is 3. The number of carbonyl (C=O) groups excluding carboxylic acids is 1. The molecule has 1 fully saturated rings. The van der Waals surface area contributed by atoms with Crippen LogP contribution >= 0.6 is 12.2 Å². The summed E-state index contributed by atoms with van der Waals surface area (Å²) in [7, 11) is 0. The highest BCUT2D eigenvalue weighted by Crippen LogP contribution is 2.36. The number of aromatic amines is 1. The van der Waals surface area contributed by atoms with Crippen molar-refractivity contribution in [1.29, 1.82) is 0 Å². The minimum Gasteiger partial charge on any atom is -0.377 e. The van der Waals surface area contributed by atoms with Gasteiger partial charge in [0.2, 0.25) is 5.91 Å². The molecular formula is C17H15F4N3O2S. The second kappa shape index (κ2) is 6.75. The smallest absolute Gasteiger partial charge is 0.226 e. The normalized spacial score (nSPS) is 19.0. The molecular weight excluding hydrogens is 386 g/mol. The molecule has 0 radical (unpaired) electrons. The summed E-state index contributed by atoms with van der Waals surface area (Å²) in [4.78, 5) is 15.1. The van der Waals surface area contributed by atoms with Crippen molar-refractivity contribution in [2.45, 2.75) is 31.3 Å². The van der Waals surface area contributed by atoms with Gasteiger partial charge in [-0.15, -0.1) is 0 Å². The van der Waals surface area contributed by atoms with Crippen molar-refractivity contribution < 1.29 is 27.1 Å². The van der Waals surface area contributed by atoms with Gasteiger partial charge < -0.3 is 19.6 Å². The fourth-order valence-corrected chi connectivity index (χ4v) is 3.85. The van der Waals surface area contributed by atoms with E-state index in [1.807, 2.05) is 0 Å². The monoisotopic (exact) mass is 401 g/mol. The quantitative estimate of drug-likeness (QED) is 0.470. The van der Waals surface area contributed by atoms with Crippen LogP contribution in [0.15, 0.2) is 6.07 Å². The molecule has 0 aliphatic carbocycles. The Morgan fingerprint density at radius 1 is 1.26 bits per heavy atom. The highest BCUT2D eigenvalue weighted by molar-refractivity contribution is 7.71. The number of halogens is 4. The molecule has 2 N–H and O–H groups in total. The zero-order valence-corrected chi connectivity index (χ0v) is 14.8. The maximum absolute atomic E-state index is 14.1. The molecule has 1 aromatic heterocycles. The Balaban J connectivity index is 1.59. The second-order valence-electron chi connectivity index (χ2n) is 6.73. The van der Waals surface area contributed by atoms with E-state index in [1.54, 1.807) is 4.57 Å². The van der Waals surface area contributed by atoms with Gasteiger partial charge in [0.05, 0.1) is 25.7 Å². The highest BCUT2D eigenvalue weighted by atomic mass is 32.1. The number of imidazole rings is 1. The zero-order chi connectivity index (χ0) is 19.3. The van der Waals surface area contributed by atoms with Crippen LogP contribution in [0, 0.1) is 28.0 Å². The lowest BCUT2D eigenvalue weighted by atomic mass is 9.94. The largest absolute Gasteiger partial charge is 0.377 e. The molecule has 5 nitrogen and oxygen atoms in total. The van der Waals surface area contributed by atoms with E-state index < -0.39 is 34.8 Å². The Morgan fingerprint density at radius 2 is 1.93 bits per heavy atom. The number of H-pyrrole nitrogens is 1. The van der Waals surface area contributed by atoms with Crippen LogP contribution in [-0.4, -0.2) is 34.7 Å². The minimum atomic E-state index is -1.44. The van der Waals surface area contributed by atoms with Crippen molar-refractivity contribution >= 4 is 18.1 Å². The first kappa shape index (κ1) is 18.2. The van der Waals surface area contributed by atoms with Crippen molar-refractivity contribution in [2.75, 3.05) is 13.2 Å². The van der Waals surface area contributed by atoms with Crippen LogP contribution in [0.1, 0.15) is 22.9 Å². The molecule has 1 atom stereocenters. The molecule has 1 amide bonds. The lowest BCUT2D eigenvalue weighted by Gasteiger charge is -2.26. The van der Waals surface area contributed by atoms with E-state index in [2.05, 4.69) is 10.3 Å². The van der Waals surface area contributed by atoms with E-state index in [-0.39, 0.29) is 37.4 Å². The Bertz CT molecular complexity index is 957. The predicted octanol–water partition coefficient (Wildman–Crippen LogP) is 2.50. The molecule has 144 valence electrons. The van der Waals surface area contributed by atoms with Gasteiger partial charge in [-0.3, -0.25) is 4.79 Å². The molecule has 1 saturated heterocycles. The molecule has 10 heteroatoms. The minimum absolute atomic E-state index is 0.0116. The fraction of sp³-hybridized carbons (Fsp3) is 0.412. The number of nitrogens with zero attached hydrogens (tertiary/aromatic N) is 1. The summed E-state index contributed by atoms with van der Waals surface area (Å²) in [6, 6.07) is 0.164. The Morgan fingerprint density at radius 3 is 2.52 bits per heavy atom. The van der Waals surface area contributed by atoms with Gasteiger partial charge in [-0.1, -0.05) is 0 Å². The Hall–Kier alpha value is -2.20. The first-order valence-electron chi connectivity index (χ1n) is 8.35. The van der Waals surface area contributed by atoms with Crippen LogP contribution in [0.2, 0.25) is 0 Å². The molecule has 4 rings (SSSR count). The van der Waals surface area contributed by atoms with E-state index in [1.165, 1.54) is 0 Å². The molecule has 0 spiro atoms. The van der Waals surface area contributed by atoms with Crippen molar-refractivity contribution in [3.63, 3.8) is 0 Å². The molecule has 2 aliphatic rings. The van der Waals surface area contributed by atoms with Crippen molar-refractivity contribution in [1.82, 2.24) is 14.9 Å². The van der Waals surface area contributed by atoms with Gasteiger partial charge in [0.25, 0.3) is 0 Å². The number of fused-ring (bicyclic) bond motifs is 1. The topological polar surface area (TPSA) is 59.0 Å². The Labute approximate surface area is 156 Å². The number of benzene rings is 1. The number of aromatic nitrogens is 2. The van der Waals surface area contributed by atoms with E-state index in [0.717, 1.165) is 0 Å². The van der Waals surface area contributed by atoms with Gasteiger partial charge in [0, 0.05) is 35.5 Å². The molecule has 0 unspecified atom stereocenters. The van der Waals surface area contributed by atoms with Crippen molar-refractivity contribution in [3.8, 4) is 0 Å². The molecule has 0 bridgehead atoms. The maximum atomic E-state index is 14.1. The Kier molecular flexibility index (Phi) is 4.55. The molecule has 0 saturated carbocycles. The summed E-state index contributed by atoms with van der Waals surface area (Å²) in [5, 5.41) is 2.79. The molecule has 3 heterocycles.